The summed E-state index contributed by atoms with van der Waals surface area (Å²) < 4.78 is 12.6. The lowest BCUT2D eigenvalue weighted by Gasteiger charge is -2.26. The Kier molecular flexibility index (Phi) is 4.56. The first-order chi connectivity index (χ1) is 13.5. The van der Waals surface area contributed by atoms with E-state index in [9.17, 15) is 14.7 Å². The van der Waals surface area contributed by atoms with Gasteiger partial charge in [-0.15, -0.1) is 0 Å². The molecule has 0 saturated heterocycles. The van der Waals surface area contributed by atoms with Crippen LogP contribution in [0.25, 0.3) is 5.69 Å². The maximum atomic E-state index is 12.3. The summed E-state index contributed by atoms with van der Waals surface area (Å²) in [6, 6.07) is 7.29. The number of hydrogen-bond donors (Lipinski definition) is 2. The van der Waals surface area contributed by atoms with E-state index < -0.39 is 5.97 Å². The fraction of sp³-hybridized carbons (Fsp3) is 0.200. The second-order valence-electron chi connectivity index (χ2n) is 6.38. The number of fused-ring (bicyclic) bond motifs is 1. The molecule has 0 fully saturated rings. The van der Waals surface area contributed by atoms with Gasteiger partial charge in [0.25, 0.3) is 0 Å². The van der Waals surface area contributed by atoms with Crippen molar-refractivity contribution in [2.24, 2.45) is 0 Å². The summed E-state index contributed by atoms with van der Waals surface area (Å²) in [5.74, 6) is -0.396. The Morgan fingerprint density at radius 1 is 1.29 bits per heavy atom. The summed E-state index contributed by atoms with van der Waals surface area (Å²) in [5, 5.41) is 16.4. The molecule has 28 heavy (non-hydrogen) atoms. The van der Waals surface area contributed by atoms with Gasteiger partial charge in [0.05, 0.1) is 31.3 Å². The third-order valence-electron chi connectivity index (χ3n) is 4.85. The zero-order chi connectivity index (χ0) is 19.8. The average molecular weight is 398 g/mol. The van der Waals surface area contributed by atoms with Gasteiger partial charge in [-0.2, -0.15) is 11.3 Å². The van der Waals surface area contributed by atoms with E-state index in [-0.39, 0.29) is 23.8 Å². The van der Waals surface area contributed by atoms with E-state index in [1.165, 1.54) is 17.5 Å². The molecule has 1 aromatic carbocycles. The van der Waals surface area contributed by atoms with Gasteiger partial charge in [-0.1, -0.05) is 0 Å². The van der Waals surface area contributed by atoms with Gasteiger partial charge in [-0.25, -0.2) is 4.79 Å². The van der Waals surface area contributed by atoms with Gasteiger partial charge in [0, 0.05) is 24.6 Å². The van der Waals surface area contributed by atoms with E-state index in [1.54, 1.807) is 30.9 Å². The highest BCUT2D eigenvalue weighted by Gasteiger charge is 2.35. The highest BCUT2D eigenvalue weighted by Crippen LogP contribution is 2.43. The van der Waals surface area contributed by atoms with Gasteiger partial charge in [-0.05, 0) is 34.5 Å². The first-order valence-corrected chi connectivity index (χ1v) is 9.50. The molecule has 0 bridgehead atoms. The number of amides is 1. The fourth-order valence-corrected chi connectivity index (χ4v) is 4.28. The number of aromatic nitrogens is 1. The lowest BCUT2D eigenvalue weighted by Crippen LogP contribution is -2.25. The molecule has 1 unspecified atom stereocenters. The number of benzene rings is 1. The summed E-state index contributed by atoms with van der Waals surface area (Å²) in [4.78, 5) is 24.2. The maximum Gasteiger partial charge on any atom is 0.339 e. The molecule has 0 spiro atoms. The van der Waals surface area contributed by atoms with E-state index in [2.05, 4.69) is 5.32 Å². The lowest BCUT2D eigenvalue weighted by molar-refractivity contribution is -0.116. The minimum absolute atomic E-state index is 0.0427. The number of methoxy groups -OCH3 is 2. The van der Waals surface area contributed by atoms with Crippen LogP contribution in [-0.2, 0) is 4.79 Å². The van der Waals surface area contributed by atoms with Gasteiger partial charge in [-0.3, -0.25) is 4.79 Å². The van der Waals surface area contributed by atoms with Crippen molar-refractivity contribution in [1.29, 1.82) is 0 Å². The number of carboxylic acid groups (broad SMARTS) is 1. The molecule has 1 aliphatic rings. The molecule has 144 valence electrons. The van der Waals surface area contributed by atoms with Gasteiger partial charge in [0.1, 0.15) is 17.1 Å². The number of thiophene rings is 1. The Morgan fingerprint density at radius 2 is 2.11 bits per heavy atom. The Labute approximate surface area is 165 Å². The predicted molar refractivity (Wildman–Crippen MR) is 105 cm³/mol. The van der Waals surface area contributed by atoms with Crippen molar-refractivity contribution in [2.75, 3.05) is 19.5 Å². The monoisotopic (exact) mass is 398 g/mol. The van der Waals surface area contributed by atoms with Crippen molar-refractivity contribution in [3.05, 3.63) is 58.0 Å². The van der Waals surface area contributed by atoms with Crippen LogP contribution in [0.2, 0.25) is 0 Å². The van der Waals surface area contributed by atoms with E-state index in [1.807, 2.05) is 22.9 Å². The molecule has 0 aliphatic carbocycles. The third-order valence-corrected chi connectivity index (χ3v) is 5.55. The second kappa shape index (κ2) is 7.05. The Morgan fingerprint density at radius 3 is 2.75 bits per heavy atom. The third kappa shape index (κ3) is 2.91. The van der Waals surface area contributed by atoms with Gasteiger partial charge < -0.3 is 24.5 Å². The molecular weight excluding hydrogens is 380 g/mol. The summed E-state index contributed by atoms with van der Waals surface area (Å²) in [6.07, 6.45) is 1.77. The molecule has 3 aromatic rings. The number of rotatable bonds is 5. The second-order valence-corrected chi connectivity index (χ2v) is 7.16. The van der Waals surface area contributed by atoms with Crippen LogP contribution in [0.4, 0.5) is 5.69 Å². The molecule has 4 rings (SSSR count). The number of aromatic carboxylic acids is 1. The van der Waals surface area contributed by atoms with Crippen molar-refractivity contribution in [2.45, 2.75) is 12.3 Å². The molecule has 1 aliphatic heterocycles. The van der Waals surface area contributed by atoms with Crippen LogP contribution in [0.1, 0.15) is 34.0 Å². The van der Waals surface area contributed by atoms with E-state index in [4.69, 9.17) is 9.47 Å². The van der Waals surface area contributed by atoms with E-state index in [0.29, 0.717) is 22.9 Å². The van der Waals surface area contributed by atoms with Crippen molar-refractivity contribution < 1.29 is 24.2 Å². The first kappa shape index (κ1) is 18.1. The quantitative estimate of drug-likeness (QED) is 0.684. The van der Waals surface area contributed by atoms with Crippen molar-refractivity contribution >= 4 is 28.9 Å². The summed E-state index contributed by atoms with van der Waals surface area (Å²) in [7, 11) is 3.11. The van der Waals surface area contributed by atoms with E-state index >= 15 is 0 Å². The topological polar surface area (TPSA) is 89.8 Å². The number of anilines is 1. The Hall–Kier alpha value is -3.26. The van der Waals surface area contributed by atoms with Gasteiger partial charge in [0.2, 0.25) is 5.91 Å². The summed E-state index contributed by atoms with van der Waals surface area (Å²) in [5.41, 5.74) is 2.74. The Balaban J connectivity index is 1.98. The minimum Gasteiger partial charge on any atom is -0.497 e. The number of hydrogen-bond acceptors (Lipinski definition) is 5. The zero-order valence-electron chi connectivity index (χ0n) is 15.3. The molecule has 3 heterocycles. The minimum atomic E-state index is -1.10. The van der Waals surface area contributed by atoms with Crippen LogP contribution in [0, 0.1) is 0 Å². The highest BCUT2D eigenvalue weighted by molar-refractivity contribution is 7.08. The number of carbonyl (C=O) groups is 2. The summed E-state index contributed by atoms with van der Waals surface area (Å²) in [6.45, 7) is 0. The van der Waals surface area contributed by atoms with Crippen LogP contribution >= 0.6 is 11.3 Å². The maximum absolute atomic E-state index is 12.3. The molecule has 1 amide bonds. The average Bonchev–Trinajstić information content (AvgIpc) is 3.35. The molecule has 8 heteroatoms. The lowest BCUT2D eigenvalue weighted by atomic mass is 9.90. The number of ether oxygens (including phenoxy) is 2. The van der Waals surface area contributed by atoms with Crippen LogP contribution in [-0.4, -0.2) is 35.8 Å². The molecular formula is C20H18N2O5S. The van der Waals surface area contributed by atoms with Crippen molar-refractivity contribution in [3.8, 4) is 17.2 Å². The van der Waals surface area contributed by atoms with Crippen LogP contribution in [0.3, 0.4) is 0 Å². The smallest absolute Gasteiger partial charge is 0.339 e. The van der Waals surface area contributed by atoms with Crippen LogP contribution in [0.5, 0.6) is 11.5 Å². The predicted octanol–water partition coefficient (Wildman–Crippen LogP) is 3.73. The summed E-state index contributed by atoms with van der Waals surface area (Å²) >= 11 is 1.54. The largest absolute Gasteiger partial charge is 0.497 e. The molecule has 2 N–H and O–H groups in total. The SMILES string of the molecule is COc1ccc(-n2cc(C(=O)O)c3c2C(c2ccsc2)CC(=O)N3)c(OC)c1. The Bertz CT molecular complexity index is 1050. The number of carboxylic acids is 1. The van der Waals surface area contributed by atoms with Crippen LogP contribution < -0.4 is 14.8 Å². The van der Waals surface area contributed by atoms with Crippen molar-refractivity contribution in [1.82, 2.24) is 4.57 Å². The molecule has 0 radical (unpaired) electrons. The molecule has 2 aromatic heterocycles. The first-order valence-electron chi connectivity index (χ1n) is 8.56. The van der Waals surface area contributed by atoms with Gasteiger partial charge >= 0.3 is 5.97 Å². The standard InChI is InChI=1S/C20H18N2O5S/c1-26-12-3-4-15(16(7-12)27-2)22-9-14(20(24)25)18-19(22)13(8-17(23)21-18)11-5-6-28-10-11/h3-7,9-10,13H,8H2,1-2H3,(H,21,23)(H,24,25). The van der Waals surface area contributed by atoms with Gasteiger partial charge in [0.15, 0.2) is 0 Å². The van der Waals surface area contributed by atoms with E-state index in [0.717, 1.165) is 11.3 Å². The van der Waals surface area contributed by atoms with Crippen molar-refractivity contribution in [3.63, 3.8) is 0 Å². The van der Waals surface area contributed by atoms with Crippen LogP contribution in [0.15, 0.2) is 41.2 Å². The molecule has 7 nitrogen and oxygen atoms in total. The molecule has 1 atom stereocenters. The molecule has 0 saturated carbocycles. The normalized spacial score (nSPS) is 15.6. The number of carbonyl (C=O) groups excluding carboxylic acids is 1. The number of nitrogens with zero attached hydrogens (tertiary/aromatic N) is 1. The number of nitrogens with one attached hydrogen (secondary N) is 1. The highest BCUT2D eigenvalue weighted by atomic mass is 32.1. The zero-order valence-corrected chi connectivity index (χ0v) is 16.1. The fourth-order valence-electron chi connectivity index (χ4n) is 3.56.